The zero-order valence-electron chi connectivity index (χ0n) is 33.8. The van der Waals surface area contributed by atoms with Gasteiger partial charge in [0.15, 0.2) is 0 Å². The molecule has 1 aromatic heterocycles. The minimum Gasteiger partial charge on any atom is -0.311 e. The van der Waals surface area contributed by atoms with Crippen molar-refractivity contribution < 1.29 is 0 Å². The van der Waals surface area contributed by atoms with Gasteiger partial charge in [0.2, 0.25) is 0 Å². The van der Waals surface area contributed by atoms with E-state index in [0.29, 0.717) is 0 Å². The van der Waals surface area contributed by atoms with Crippen LogP contribution in [-0.4, -0.2) is 6.71 Å². The van der Waals surface area contributed by atoms with E-state index in [4.69, 9.17) is 0 Å². The van der Waals surface area contributed by atoms with Crippen molar-refractivity contribution in [3.63, 3.8) is 0 Å². The molecular weight excluding hydrogens is 719 g/mol. The first kappa shape index (κ1) is 34.0. The summed E-state index contributed by atoms with van der Waals surface area (Å²) in [5.41, 5.74) is 24.6. The number of anilines is 6. The summed E-state index contributed by atoms with van der Waals surface area (Å²) >= 11 is 2.06. The Morgan fingerprint density at radius 3 is 1.79 bits per heavy atom. The summed E-state index contributed by atoms with van der Waals surface area (Å²) in [4.78, 5) is 6.61. The van der Waals surface area contributed by atoms with Crippen LogP contribution in [0.1, 0.15) is 64.6 Å². The second-order valence-corrected chi connectivity index (χ2v) is 19.0. The van der Waals surface area contributed by atoms with E-state index in [1.165, 1.54) is 116 Å². The lowest BCUT2D eigenvalue weighted by molar-refractivity contribution is 0.590. The standard InChI is InChI=1S/C54H43BN2S/c1-32-19-24-36(25-20-32)56-45-18-12-11-17-44(45)55-49-46(56)30-34(3)31-47(49)57(37-26-22-35(23-27-37)53(4,5)6)50-48-40-28-21-33(2)29-43(40)54(51(48)58-52(50)55)41-15-9-7-13-38(41)39-14-8-10-16-42(39)54/h7-31H,1-6H3. The molecule has 0 amide bonds. The first-order valence-corrected chi connectivity index (χ1v) is 21.4. The summed E-state index contributed by atoms with van der Waals surface area (Å²) in [6.45, 7) is 13.7. The predicted molar refractivity (Wildman–Crippen MR) is 248 cm³/mol. The molecule has 1 spiro atoms. The Morgan fingerprint density at radius 1 is 0.517 bits per heavy atom. The molecule has 278 valence electrons. The molecule has 0 N–H and O–H groups in total. The van der Waals surface area contributed by atoms with Crippen LogP contribution in [0.2, 0.25) is 0 Å². The zero-order valence-corrected chi connectivity index (χ0v) is 34.6. The van der Waals surface area contributed by atoms with E-state index in [-0.39, 0.29) is 12.1 Å². The smallest absolute Gasteiger partial charge is 0.264 e. The summed E-state index contributed by atoms with van der Waals surface area (Å²) < 4.78 is 1.42. The average molecular weight is 763 g/mol. The molecule has 0 unspecified atom stereocenters. The van der Waals surface area contributed by atoms with Gasteiger partial charge in [-0.2, -0.15) is 0 Å². The average Bonchev–Trinajstić information content (AvgIpc) is 3.84. The Kier molecular flexibility index (Phi) is 6.88. The number of thiophene rings is 1. The lowest BCUT2D eigenvalue weighted by Crippen LogP contribution is -2.60. The fraction of sp³-hybridized carbons (Fsp3) is 0.148. The molecule has 12 rings (SSSR count). The quantitative estimate of drug-likeness (QED) is 0.162. The van der Waals surface area contributed by atoms with Gasteiger partial charge < -0.3 is 9.80 Å². The molecule has 58 heavy (non-hydrogen) atoms. The highest BCUT2D eigenvalue weighted by atomic mass is 32.1. The zero-order chi connectivity index (χ0) is 39.2. The number of aryl methyl sites for hydroxylation is 3. The highest BCUT2D eigenvalue weighted by molar-refractivity contribution is 7.30. The molecule has 2 nitrogen and oxygen atoms in total. The van der Waals surface area contributed by atoms with Gasteiger partial charge >= 0.3 is 0 Å². The van der Waals surface area contributed by atoms with Crippen molar-refractivity contribution in [3.8, 4) is 22.3 Å². The molecule has 0 saturated heterocycles. The van der Waals surface area contributed by atoms with Crippen LogP contribution >= 0.6 is 11.3 Å². The van der Waals surface area contributed by atoms with Crippen molar-refractivity contribution in [1.82, 2.24) is 0 Å². The maximum atomic E-state index is 2.65. The normalized spacial score (nSPS) is 14.8. The topological polar surface area (TPSA) is 6.48 Å². The third-order valence-corrected chi connectivity index (χ3v) is 14.7. The molecule has 4 aliphatic rings. The van der Waals surface area contributed by atoms with Crippen molar-refractivity contribution in [2.24, 2.45) is 0 Å². The molecule has 7 aromatic carbocycles. The van der Waals surface area contributed by atoms with Gasteiger partial charge in [-0.05, 0) is 124 Å². The summed E-state index contributed by atoms with van der Waals surface area (Å²) in [5, 5.41) is 0. The van der Waals surface area contributed by atoms with Crippen LogP contribution in [0, 0.1) is 20.8 Å². The number of nitrogens with zero attached hydrogens (tertiary/aromatic N) is 2. The number of para-hydroxylation sites is 1. The molecule has 4 heteroatoms. The maximum Gasteiger partial charge on any atom is 0.264 e. The largest absolute Gasteiger partial charge is 0.311 e. The van der Waals surface area contributed by atoms with Crippen molar-refractivity contribution in [3.05, 3.63) is 195 Å². The lowest BCUT2D eigenvalue weighted by Gasteiger charge is -2.43. The SMILES string of the molecule is Cc1ccc(N2c3ccccc3B3c4sc5c(c4N(c4ccc(C(C)(C)C)cc4)c4cc(C)cc2c43)-c2ccc(C)cc2C52c3ccccc3-c3ccccc32)cc1. The van der Waals surface area contributed by atoms with Crippen LogP contribution < -0.4 is 25.5 Å². The number of hydrogen-bond acceptors (Lipinski definition) is 3. The summed E-state index contributed by atoms with van der Waals surface area (Å²) in [5.74, 6) is 0. The number of hydrogen-bond donors (Lipinski definition) is 0. The second kappa shape index (κ2) is 11.7. The van der Waals surface area contributed by atoms with Crippen LogP contribution in [0.5, 0.6) is 0 Å². The third kappa shape index (κ3) is 4.34. The van der Waals surface area contributed by atoms with Crippen molar-refractivity contribution in [2.45, 2.75) is 52.4 Å². The summed E-state index contributed by atoms with van der Waals surface area (Å²) in [6.07, 6.45) is 0. The van der Waals surface area contributed by atoms with Crippen molar-refractivity contribution in [2.75, 3.05) is 9.80 Å². The van der Waals surface area contributed by atoms with E-state index in [9.17, 15) is 0 Å². The fourth-order valence-corrected chi connectivity index (χ4v) is 12.5. The maximum absolute atomic E-state index is 2.65. The van der Waals surface area contributed by atoms with Gasteiger partial charge in [0.1, 0.15) is 0 Å². The first-order valence-electron chi connectivity index (χ1n) is 20.6. The molecular formula is C54H43BN2S. The highest BCUT2D eigenvalue weighted by Gasteiger charge is 2.56. The van der Waals surface area contributed by atoms with E-state index in [1.54, 1.807) is 0 Å². The Morgan fingerprint density at radius 2 is 1.10 bits per heavy atom. The first-order chi connectivity index (χ1) is 28.1. The number of rotatable bonds is 2. The predicted octanol–water partition coefficient (Wildman–Crippen LogP) is 12.4. The molecule has 0 atom stereocenters. The van der Waals surface area contributed by atoms with Crippen molar-refractivity contribution in [1.29, 1.82) is 0 Å². The van der Waals surface area contributed by atoms with E-state index in [2.05, 4.69) is 214 Å². The van der Waals surface area contributed by atoms with E-state index < -0.39 is 5.41 Å². The second-order valence-electron chi connectivity index (χ2n) is 17.9. The Bertz CT molecular complexity index is 2990. The minimum atomic E-state index is -0.416. The van der Waals surface area contributed by atoms with Gasteiger partial charge in [0, 0.05) is 43.7 Å². The van der Waals surface area contributed by atoms with Crippen molar-refractivity contribution >= 4 is 67.9 Å². The van der Waals surface area contributed by atoms with Crippen LogP contribution in [-0.2, 0) is 10.8 Å². The van der Waals surface area contributed by atoms with Gasteiger partial charge in [-0.3, -0.25) is 0 Å². The molecule has 0 bridgehead atoms. The van der Waals surface area contributed by atoms with Gasteiger partial charge in [-0.1, -0.05) is 141 Å². The lowest BCUT2D eigenvalue weighted by atomic mass is 9.36. The molecule has 2 aliphatic carbocycles. The van der Waals surface area contributed by atoms with Crippen LogP contribution in [0.25, 0.3) is 22.3 Å². The monoisotopic (exact) mass is 762 g/mol. The van der Waals surface area contributed by atoms with E-state index in [0.717, 1.165) is 0 Å². The van der Waals surface area contributed by atoms with Gasteiger partial charge in [-0.25, -0.2) is 0 Å². The Hall–Kier alpha value is -6.10. The summed E-state index contributed by atoms with van der Waals surface area (Å²) in [6, 6.07) is 58.3. The minimum absolute atomic E-state index is 0.0491. The number of benzene rings is 7. The van der Waals surface area contributed by atoms with Gasteiger partial charge in [-0.15, -0.1) is 11.3 Å². The molecule has 0 radical (unpaired) electrons. The fourth-order valence-electron chi connectivity index (χ4n) is 10.8. The molecule has 3 heterocycles. The van der Waals surface area contributed by atoms with E-state index >= 15 is 0 Å². The molecule has 2 aliphatic heterocycles. The van der Waals surface area contributed by atoms with Gasteiger partial charge in [0.25, 0.3) is 6.71 Å². The molecule has 0 saturated carbocycles. The highest BCUT2D eigenvalue weighted by Crippen LogP contribution is 2.67. The van der Waals surface area contributed by atoms with Crippen LogP contribution in [0.15, 0.2) is 152 Å². The summed E-state index contributed by atoms with van der Waals surface area (Å²) in [7, 11) is 0. The van der Waals surface area contributed by atoms with Gasteiger partial charge in [0.05, 0.1) is 11.1 Å². The van der Waals surface area contributed by atoms with Crippen LogP contribution in [0.4, 0.5) is 34.1 Å². The van der Waals surface area contributed by atoms with E-state index in [1.807, 2.05) is 0 Å². The van der Waals surface area contributed by atoms with Crippen LogP contribution in [0.3, 0.4) is 0 Å². The number of fused-ring (bicyclic) bond motifs is 15. The molecule has 8 aromatic rings. The Balaban J connectivity index is 1.23. The molecule has 0 fully saturated rings. The third-order valence-electron chi connectivity index (χ3n) is 13.4. The Labute approximate surface area is 346 Å².